The molecule has 1 aromatic heterocycles. The number of carbonyl (C=O) groups excluding carboxylic acids is 2. The van der Waals surface area contributed by atoms with E-state index in [1.165, 1.54) is 17.9 Å². The second-order valence-electron chi connectivity index (χ2n) is 7.40. The van der Waals surface area contributed by atoms with Crippen molar-refractivity contribution in [3.8, 4) is 0 Å². The van der Waals surface area contributed by atoms with Crippen LogP contribution in [-0.4, -0.2) is 78.5 Å². The average molecular weight is 446 g/mol. The molecule has 2 heterocycles. The Bertz CT molecular complexity index is 891. The van der Waals surface area contributed by atoms with Crippen LogP contribution in [0.5, 0.6) is 0 Å². The zero-order chi connectivity index (χ0) is 23.1. The molecular formula is C21H27FN6O4. The number of nitrogens with one attached hydrogen (secondary N) is 3. The molecule has 0 spiro atoms. The van der Waals surface area contributed by atoms with E-state index in [0.29, 0.717) is 30.2 Å². The summed E-state index contributed by atoms with van der Waals surface area (Å²) in [6.45, 7) is 2.60. The molecule has 2 amide bonds. The molecule has 32 heavy (non-hydrogen) atoms. The number of amides is 2. The number of anilines is 1. The van der Waals surface area contributed by atoms with E-state index >= 15 is 0 Å². The molecule has 1 saturated heterocycles. The fraction of sp³-hybridized carbons (Fsp3) is 0.429. The molecule has 1 aliphatic heterocycles. The first-order valence-electron chi connectivity index (χ1n) is 10.2. The molecule has 0 bridgehead atoms. The van der Waals surface area contributed by atoms with Crippen molar-refractivity contribution in [1.29, 1.82) is 5.41 Å². The highest BCUT2D eigenvalue weighted by Gasteiger charge is 2.35. The zero-order valence-corrected chi connectivity index (χ0v) is 17.7. The maximum atomic E-state index is 15.0. The summed E-state index contributed by atoms with van der Waals surface area (Å²) in [5, 5.41) is 21.7. The van der Waals surface area contributed by atoms with Crippen LogP contribution >= 0.6 is 0 Å². The predicted octanol–water partition coefficient (Wildman–Crippen LogP) is 0.867. The lowest BCUT2D eigenvalue weighted by Crippen LogP contribution is -2.33. The van der Waals surface area contributed by atoms with Crippen molar-refractivity contribution >= 4 is 24.2 Å². The highest BCUT2D eigenvalue weighted by molar-refractivity contribution is 5.75. The summed E-state index contributed by atoms with van der Waals surface area (Å²) in [5.41, 5.74) is 1.08. The number of hydrogen-bond acceptors (Lipinski definition) is 7. The number of carbonyl (C=O) groups is 2. The minimum Gasteiger partial charge on any atom is -0.442 e. The summed E-state index contributed by atoms with van der Waals surface area (Å²) in [4.78, 5) is 30.5. The molecule has 3 rings (SSSR count). The van der Waals surface area contributed by atoms with Crippen LogP contribution in [0.3, 0.4) is 0 Å². The van der Waals surface area contributed by atoms with E-state index in [0.717, 1.165) is 6.34 Å². The van der Waals surface area contributed by atoms with Crippen LogP contribution in [0, 0.1) is 5.41 Å². The molecule has 11 heteroatoms. The molecule has 0 aromatic carbocycles. The van der Waals surface area contributed by atoms with Crippen LogP contribution in [0.15, 0.2) is 42.3 Å². The smallest absolute Gasteiger partial charge is 0.414 e. The van der Waals surface area contributed by atoms with Gasteiger partial charge in [-0.05, 0) is 23.8 Å². The topological polar surface area (TPSA) is 131 Å². The molecule has 2 aliphatic rings. The highest BCUT2D eigenvalue weighted by Crippen LogP contribution is 2.32. The van der Waals surface area contributed by atoms with Crippen molar-refractivity contribution in [1.82, 2.24) is 20.5 Å². The van der Waals surface area contributed by atoms with Crippen molar-refractivity contribution in [2.75, 3.05) is 37.8 Å². The molecule has 4 N–H and O–H groups in total. The molecule has 10 nitrogen and oxygen atoms in total. The number of pyridine rings is 1. The Morgan fingerprint density at radius 1 is 1.50 bits per heavy atom. The first-order valence-corrected chi connectivity index (χ1v) is 10.2. The lowest BCUT2D eigenvalue weighted by Gasteiger charge is -2.24. The van der Waals surface area contributed by atoms with Gasteiger partial charge in [-0.25, -0.2) is 14.2 Å². The normalized spacial score (nSPS) is 22.3. The quantitative estimate of drug-likeness (QED) is 0.182. The Kier molecular flexibility index (Phi) is 7.90. The van der Waals surface area contributed by atoms with E-state index in [2.05, 4.69) is 15.6 Å². The largest absolute Gasteiger partial charge is 0.442 e. The second kappa shape index (κ2) is 10.8. The molecule has 172 valence electrons. The molecule has 1 aromatic rings. The average Bonchev–Trinajstić information content (AvgIpc) is 3.16. The third kappa shape index (κ3) is 5.68. The third-order valence-corrected chi connectivity index (χ3v) is 5.16. The number of halogens is 1. The van der Waals surface area contributed by atoms with Crippen LogP contribution in [0.4, 0.5) is 15.0 Å². The van der Waals surface area contributed by atoms with Gasteiger partial charge in [0.25, 0.3) is 0 Å². The number of cyclic esters (lactones) is 1. The van der Waals surface area contributed by atoms with Gasteiger partial charge in [-0.1, -0.05) is 12.1 Å². The van der Waals surface area contributed by atoms with Gasteiger partial charge in [-0.15, -0.1) is 0 Å². The minimum absolute atomic E-state index is 0.148. The van der Waals surface area contributed by atoms with Gasteiger partial charge in [0.1, 0.15) is 18.1 Å². The summed E-state index contributed by atoms with van der Waals surface area (Å²) >= 11 is 0. The fourth-order valence-corrected chi connectivity index (χ4v) is 3.49. The predicted molar refractivity (Wildman–Crippen MR) is 116 cm³/mol. The number of hydrogen-bond donors (Lipinski definition) is 4. The van der Waals surface area contributed by atoms with Crippen molar-refractivity contribution in [2.24, 2.45) is 0 Å². The Balaban J connectivity index is 1.62. The summed E-state index contributed by atoms with van der Waals surface area (Å²) in [6, 6.07) is 3.47. The van der Waals surface area contributed by atoms with Gasteiger partial charge in [0.05, 0.1) is 26.2 Å². The van der Waals surface area contributed by atoms with Gasteiger partial charge in [0.2, 0.25) is 5.91 Å². The van der Waals surface area contributed by atoms with Gasteiger partial charge in [-0.3, -0.25) is 20.4 Å². The fourth-order valence-electron chi connectivity index (χ4n) is 3.49. The first-order chi connectivity index (χ1) is 15.4. The lowest BCUT2D eigenvalue weighted by atomic mass is 9.91. The Labute approximate surface area is 185 Å². The van der Waals surface area contributed by atoms with Crippen LogP contribution in [0.1, 0.15) is 18.4 Å². The van der Waals surface area contributed by atoms with Crippen LogP contribution < -0.4 is 15.5 Å². The molecule has 1 aliphatic carbocycles. The van der Waals surface area contributed by atoms with Crippen molar-refractivity contribution < 1.29 is 23.8 Å². The number of ether oxygens (including phenoxy) is 1. The monoisotopic (exact) mass is 446 g/mol. The number of alkyl halides is 1. The van der Waals surface area contributed by atoms with Crippen LogP contribution in [-0.2, 0) is 9.53 Å². The van der Waals surface area contributed by atoms with Gasteiger partial charge >= 0.3 is 6.09 Å². The van der Waals surface area contributed by atoms with Crippen LogP contribution in [0.2, 0.25) is 0 Å². The van der Waals surface area contributed by atoms with E-state index in [4.69, 9.17) is 15.3 Å². The molecule has 0 saturated carbocycles. The maximum Gasteiger partial charge on any atom is 0.414 e. The molecule has 2 unspecified atom stereocenters. The number of nitrogens with zero attached hydrogens (tertiary/aromatic N) is 3. The number of allylic oxidation sites excluding steroid dienone is 3. The van der Waals surface area contributed by atoms with E-state index < -0.39 is 24.3 Å². The van der Waals surface area contributed by atoms with Crippen LogP contribution in [0.25, 0.3) is 0 Å². The number of rotatable bonds is 10. The van der Waals surface area contributed by atoms with E-state index in [1.807, 2.05) is 0 Å². The SMILES string of the molecule is CC(=O)NC[C@H]1CN(C2=CC(F)C(c3ccc(N(C=N)CCNCO)nc3)C=C2)C(=O)O1. The lowest BCUT2D eigenvalue weighted by molar-refractivity contribution is -0.119. The van der Waals surface area contributed by atoms with Gasteiger partial charge in [0, 0.05) is 37.8 Å². The van der Waals surface area contributed by atoms with E-state index in [-0.39, 0.29) is 25.7 Å². The number of aliphatic hydroxyl groups excluding tert-OH is 1. The van der Waals surface area contributed by atoms with Crippen molar-refractivity contribution in [2.45, 2.75) is 25.1 Å². The van der Waals surface area contributed by atoms with Gasteiger partial charge < -0.3 is 20.1 Å². The standard InChI is InChI=1S/C21H27FN6O4/c1-14(30)25-10-17-11-28(21(31)32-17)16-3-4-18(19(22)8-16)15-2-5-20(26-9-15)27(12-23)7-6-24-13-29/h2-5,8-9,12,17-19,23-24,29H,6-7,10-11,13H2,1H3,(H,25,30)/t17-,18?,19?/m0/s1. The van der Waals surface area contributed by atoms with Crippen molar-refractivity contribution in [3.05, 3.63) is 47.8 Å². The molecular weight excluding hydrogens is 419 g/mol. The van der Waals surface area contributed by atoms with E-state index in [9.17, 15) is 14.0 Å². The molecule has 3 atom stereocenters. The molecule has 1 fully saturated rings. The van der Waals surface area contributed by atoms with Gasteiger partial charge in [0.15, 0.2) is 0 Å². The number of aromatic nitrogens is 1. The summed E-state index contributed by atoms with van der Waals surface area (Å²) in [5.74, 6) is -0.230. The minimum atomic E-state index is -1.36. The van der Waals surface area contributed by atoms with Crippen molar-refractivity contribution in [3.63, 3.8) is 0 Å². The summed E-state index contributed by atoms with van der Waals surface area (Å²) < 4.78 is 20.2. The Morgan fingerprint density at radius 2 is 2.31 bits per heavy atom. The third-order valence-electron chi connectivity index (χ3n) is 5.16. The zero-order valence-electron chi connectivity index (χ0n) is 17.7. The summed E-state index contributed by atoms with van der Waals surface area (Å²) in [7, 11) is 0. The highest BCUT2D eigenvalue weighted by atomic mass is 19.1. The second-order valence-corrected chi connectivity index (χ2v) is 7.40. The summed E-state index contributed by atoms with van der Waals surface area (Å²) in [6.07, 6.45) is 5.03. The van der Waals surface area contributed by atoms with E-state index in [1.54, 1.807) is 35.4 Å². The molecule has 0 radical (unpaired) electrons. The number of aliphatic hydroxyl groups is 1. The Hall–Kier alpha value is -3.31. The maximum absolute atomic E-state index is 15.0. The van der Waals surface area contributed by atoms with Gasteiger partial charge in [-0.2, -0.15) is 0 Å². The Morgan fingerprint density at radius 3 is 2.94 bits per heavy atom. The first kappa shape index (κ1) is 23.4.